The van der Waals surface area contributed by atoms with E-state index >= 15 is 0 Å². The number of esters is 3. The van der Waals surface area contributed by atoms with Crippen LogP contribution in [0.5, 0.6) is 0 Å². The smallest absolute Gasteiger partial charge is 0.306 e. The number of hydrogen-bond acceptors (Lipinski definition) is 6. The Morgan fingerprint density at radius 3 is 0.725 bits per heavy atom. The molecule has 472 valence electrons. The van der Waals surface area contributed by atoms with E-state index in [-0.39, 0.29) is 31.1 Å². The van der Waals surface area contributed by atoms with E-state index in [0.717, 1.165) is 77.0 Å². The second kappa shape index (κ2) is 69.4. The highest BCUT2D eigenvalue weighted by Crippen LogP contribution is 2.19. The maximum absolute atomic E-state index is 12.9. The van der Waals surface area contributed by atoms with E-state index < -0.39 is 6.10 Å². The van der Waals surface area contributed by atoms with Gasteiger partial charge in [-0.1, -0.05) is 373 Å². The first-order valence-electron chi connectivity index (χ1n) is 36.3. The van der Waals surface area contributed by atoms with Crippen molar-refractivity contribution >= 4 is 17.9 Å². The van der Waals surface area contributed by atoms with Gasteiger partial charge in [-0.3, -0.25) is 14.4 Å². The van der Waals surface area contributed by atoms with Gasteiger partial charge < -0.3 is 14.2 Å². The Bertz CT molecular complexity index is 1290. The molecule has 0 aromatic rings. The van der Waals surface area contributed by atoms with E-state index in [2.05, 4.69) is 45.1 Å². The lowest BCUT2D eigenvalue weighted by atomic mass is 10.0. The van der Waals surface area contributed by atoms with E-state index in [9.17, 15) is 14.4 Å². The molecule has 0 bridgehead atoms. The van der Waals surface area contributed by atoms with Crippen LogP contribution in [0.4, 0.5) is 0 Å². The zero-order chi connectivity index (χ0) is 57.8. The summed E-state index contributed by atoms with van der Waals surface area (Å²) in [5.41, 5.74) is 0. The third-order valence-corrected chi connectivity index (χ3v) is 16.7. The first-order chi connectivity index (χ1) is 39.5. The van der Waals surface area contributed by atoms with E-state index in [4.69, 9.17) is 14.2 Å². The van der Waals surface area contributed by atoms with Crippen LogP contribution < -0.4 is 0 Å². The van der Waals surface area contributed by atoms with Gasteiger partial charge in [-0.05, 0) is 44.9 Å². The zero-order valence-electron chi connectivity index (χ0n) is 54.4. The van der Waals surface area contributed by atoms with Crippen molar-refractivity contribution in [1.29, 1.82) is 0 Å². The lowest BCUT2D eigenvalue weighted by Gasteiger charge is -2.18. The first kappa shape index (κ1) is 77.9. The molecule has 6 heteroatoms. The van der Waals surface area contributed by atoms with E-state index in [1.807, 2.05) is 0 Å². The minimum Gasteiger partial charge on any atom is -0.462 e. The molecule has 0 aromatic carbocycles. The quantitative estimate of drug-likeness (QED) is 0.0261. The van der Waals surface area contributed by atoms with Gasteiger partial charge in [-0.15, -0.1) is 0 Å². The number of rotatable bonds is 68. The van der Waals surface area contributed by atoms with Crippen molar-refractivity contribution in [2.24, 2.45) is 0 Å². The van der Waals surface area contributed by atoms with E-state index in [1.54, 1.807) is 0 Å². The third kappa shape index (κ3) is 66.7. The van der Waals surface area contributed by atoms with Gasteiger partial charge in [-0.25, -0.2) is 0 Å². The van der Waals surface area contributed by atoms with Gasteiger partial charge in [0.15, 0.2) is 6.10 Å². The lowest BCUT2D eigenvalue weighted by molar-refractivity contribution is -0.167. The summed E-state index contributed by atoms with van der Waals surface area (Å²) in [5, 5.41) is 0. The number of carbonyl (C=O) groups is 3. The average molecular weight is 1130 g/mol. The van der Waals surface area contributed by atoms with Crippen LogP contribution in [0.1, 0.15) is 412 Å². The maximum Gasteiger partial charge on any atom is 0.306 e. The number of carbonyl (C=O) groups excluding carboxylic acids is 3. The summed E-state index contributed by atoms with van der Waals surface area (Å²) in [5.74, 6) is -0.851. The van der Waals surface area contributed by atoms with Crippen LogP contribution in [-0.2, 0) is 28.6 Å². The fraction of sp³-hybridized carbons (Fsp3) is 0.905. The first-order valence-corrected chi connectivity index (χ1v) is 36.3. The largest absolute Gasteiger partial charge is 0.462 e. The van der Waals surface area contributed by atoms with Crippen LogP contribution in [0.15, 0.2) is 24.3 Å². The Morgan fingerprint density at radius 2 is 0.463 bits per heavy atom. The fourth-order valence-corrected chi connectivity index (χ4v) is 11.2. The molecule has 0 aliphatic heterocycles. The SMILES string of the molecule is CCCC/C=C\C/C=C\CCCCCCCC(=O)OCC(COC(=O)CCCCCCCCCCCCCCCCCCCCCCCCCCCCCCCC)OC(=O)CCCCCCCCCCCCCCCCCCCC. The monoisotopic (exact) mass is 1130 g/mol. The summed E-state index contributed by atoms with van der Waals surface area (Å²) >= 11 is 0. The molecule has 0 heterocycles. The van der Waals surface area contributed by atoms with Crippen LogP contribution in [0.25, 0.3) is 0 Å². The molecule has 0 rings (SSSR count). The predicted octanol–water partition coefficient (Wildman–Crippen LogP) is 25.0. The fourth-order valence-electron chi connectivity index (χ4n) is 11.2. The average Bonchev–Trinajstić information content (AvgIpc) is 3.46. The second-order valence-electron chi connectivity index (χ2n) is 24.9. The normalized spacial score (nSPS) is 12.1. The summed E-state index contributed by atoms with van der Waals surface area (Å²) in [7, 11) is 0. The Labute approximate surface area is 500 Å². The second-order valence-corrected chi connectivity index (χ2v) is 24.9. The Balaban J connectivity index is 4.15. The van der Waals surface area contributed by atoms with Gasteiger partial charge in [0.1, 0.15) is 13.2 Å². The van der Waals surface area contributed by atoms with Gasteiger partial charge >= 0.3 is 17.9 Å². The summed E-state index contributed by atoms with van der Waals surface area (Å²) in [4.78, 5) is 38.4. The number of allylic oxidation sites excluding steroid dienone is 4. The van der Waals surface area contributed by atoms with Crippen molar-refractivity contribution in [3.63, 3.8) is 0 Å². The van der Waals surface area contributed by atoms with E-state index in [1.165, 1.54) is 295 Å². The molecule has 1 atom stereocenters. The molecular formula is C74H140O6. The number of unbranched alkanes of at least 4 members (excludes halogenated alkanes) is 53. The molecular weight excluding hydrogens is 985 g/mol. The minimum atomic E-state index is -0.774. The lowest BCUT2D eigenvalue weighted by Crippen LogP contribution is -2.30. The highest BCUT2D eigenvalue weighted by Gasteiger charge is 2.19. The van der Waals surface area contributed by atoms with Crippen LogP contribution in [0, 0.1) is 0 Å². The van der Waals surface area contributed by atoms with Crippen LogP contribution in [0.2, 0.25) is 0 Å². The molecule has 80 heavy (non-hydrogen) atoms. The summed E-state index contributed by atoms with van der Waals surface area (Å²) in [6.45, 7) is 6.67. The van der Waals surface area contributed by atoms with Gasteiger partial charge in [0.05, 0.1) is 0 Å². The highest BCUT2D eigenvalue weighted by atomic mass is 16.6. The molecule has 0 spiro atoms. The number of hydrogen-bond donors (Lipinski definition) is 0. The molecule has 0 saturated heterocycles. The maximum atomic E-state index is 12.9. The standard InChI is InChI=1S/C74H140O6/c1-4-7-10-13-16-19-22-25-28-30-32-33-34-35-36-37-38-39-40-41-42-43-45-46-49-52-55-58-61-64-67-73(76)79-70-71(69-78-72(75)66-63-60-57-54-51-48-27-24-21-18-15-12-9-6-3)80-74(77)68-65-62-59-56-53-50-47-44-31-29-26-23-20-17-14-11-8-5-2/h15,18,24,27,71H,4-14,16-17,19-23,25-26,28-70H2,1-3H3/b18-15-,27-24-. The summed E-state index contributed by atoms with van der Waals surface area (Å²) in [6, 6.07) is 0. The molecule has 0 fully saturated rings. The molecule has 0 N–H and O–H groups in total. The summed E-state index contributed by atoms with van der Waals surface area (Å²) < 4.78 is 17.0. The van der Waals surface area contributed by atoms with Crippen LogP contribution in [-0.4, -0.2) is 37.2 Å². The van der Waals surface area contributed by atoms with Gasteiger partial charge in [0.25, 0.3) is 0 Å². The van der Waals surface area contributed by atoms with Crippen LogP contribution >= 0.6 is 0 Å². The van der Waals surface area contributed by atoms with Gasteiger partial charge in [-0.2, -0.15) is 0 Å². The van der Waals surface area contributed by atoms with Crippen LogP contribution in [0.3, 0.4) is 0 Å². The van der Waals surface area contributed by atoms with Crippen molar-refractivity contribution < 1.29 is 28.6 Å². The number of ether oxygens (including phenoxy) is 3. The minimum absolute atomic E-state index is 0.0693. The predicted molar refractivity (Wildman–Crippen MR) is 349 cm³/mol. The molecule has 6 nitrogen and oxygen atoms in total. The van der Waals surface area contributed by atoms with Gasteiger partial charge in [0.2, 0.25) is 0 Å². The van der Waals surface area contributed by atoms with Crippen molar-refractivity contribution in [1.82, 2.24) is 0 Å². The van der Waals surface area contributed by atoms with E-state index in [0.29, 0.717) is 19.3 Å². The third-order valence-electron chi connectivity index (χ3n) is 16.7. The molecule has 0 aromatic heterocycles. The van der Waals surface area contributed by atoms with Crippen molar-refractivity contribution in [3.05, 3.63) is 24.3 Å². The Kier molecular flexibility index (Phi) is 67.6. The van der Waals surface area contributed by atoms with Crippen molar-refractivity contribution in [3.8, 4) is 0 Å². The molecule has 0 aliphatic carbocycles. The van der Waals surface area contributed by atoms with Crippen molar-refractivity contribution in [2.75, 3.05) is 13.2 Å². The molecule has 0 saturated carbocycles. The topological polar surface area (TPSA) is 78.9 Å². The van der Waals surface area contributed by atoms with Gasteiger partial charge in [0, 0.05) is 19.3 Å². The summed E-state index contributed by atoms with van der Waals surface area (Å²) in [6.07, 6.45) is 85.1. The molecule has 0 radical (unpaired) electrons. The molecule has 1 unspecified atom stereocenters. The zero-order valence-corrected chi connectivity index (χ0v) is 54.4. The Morgan fingerprint density at radius 1 is 0.250 bits per heavy atom. The molecule has 0 aliphatic rings. The highest BCUT2D eigenvalue weighted by molar-refractivity contribution is 5.71. The Hall–Kier alpha value is -2.11. The van der Waals surface area contributed by atoms with Crippen molar-refractivity contribution in [2.45, 2.75) is 419 Å². The molecule has 0 amide bonds.